The molecule has 0 saturated carbocycles. The SMILES string of the molecule is Fc1ccccc1Cc1[nH]cnc1Br. The van der Waals surface area contributed by atoms with Crippen LogP contribution in [0.4, 0.5) is 4.39 Å². The van der Waals surface area contributed by atoms with Crippen molar-refractivity contribution in [2.45, 2.75) is 6.42 Å². The molecule has 0 unspecified atom stereocenters. The van der Waals surface area contributed by atoms with Crippen LogP contribution in [0.3, 0.4) is 0 Å². The third kappa shape index (κ3) is 1.85. The van der Waals surface area contributed by atoms with Gasteiger partial charge in [-0.05, 0) is 27.6 Å². The van der Waals surface area contributed by atoms with Gasteiger partial charge in [-0.15, -0.1) is 0 Å². The van der Waals surface area contributed by atoms with Gasteiger partial charge in [-0.25, -0.2) is 9.37 Å². The number of aromatic amines is 1. The maximum atomic E-state index is 13.3. The minimum Gasteiger partial charge on any atom is -0.347 e. The van der Waals surface area contributed by atoms with Crippen molar-refractivity contribution in [2.75, 3.05) is 0 Å². The smallest absolute Gasteiger partial charge is 0.127 e. The Kier molecular flexibility index (Phi) is 2.63. The van der Waals surface area contributed by atoms with Crippen LogP contribution in [0.15, 0.2) is 35.2 Å². The average molecular weight is 255 g/mol. The number of benzene rings is 1. The summed E-state index contributed by atoms with van der Waals surface area (Å²) in [4.78, 5) is 6.94. The summed E-state index contributed by atoms with van der Waals surface area (Å²) in [6, 6.07) is 6.73. The number of H-pyrrole nitrogens is 1. The fraction of sp³-hybridized carbons (Fsp3) is 0.100. The second-order valence-corrected chi connectivity index (χ2v) is 3.69. The summed E-state index contributed by atoms with van der Waals surface area (Å²) in [6.07, 6.45) is 2.10. The normalized spacial score (nSPS) is 10.4. The van der Waals surface area contributed by atoms with Gasteiger partial charge in [-0.3, -0.25) is 0 Å². The highest BCUT2D eigenvalue weighted by atomic mass is 79.9. The van der Waals surface area contributed by atoms with Gasteiger partial charge < -0.3 is 4.98 Å². The minimum absolute atomic E-state index is 0.186. The molecular weight excluding hydrogens is 247 g/mol. The molecule has 1 N–H and O–H groups in total. The maximum Gasteiger partial charge on any atom is 0.127 e. The van der Waals surface area contributed by atoms with E-state index >= 15 is 0 Å². The highest BCUT2D eigenvalue weighted by molar-refractivity contribution is 9.10. The van der Waals surface area contributed by atoms with Gasteiger partial charge in [0, 0.05) is 6.42 Å². The summed E-state index contributed by atoms with van der Waals surface area (Å²) in [5.74, 6) is -0.186. The Morgan fingerprint density at radius 3 is 2.79 bits per heavy atom. The van der Waals surface area contributed by atoms with Crippen LogP contribution in [0.5, 0.6) is 0 Å². The van der Waals surface area contributed by atoms with Crippen LogP contribution in [-0.4, -0.2) is 9.97 Å². The highest BCUT2D eigenvalue weighted by Gasteiger charge is 2.06. The number of halogens is 2. The Morgan fingerprint density at radius 2 is 2.14 bits per heavy atom. The second-order valence-electron chi connectivity index (χ2n) is 2.94. The molecule has 0 aliphatic carbocycles. The van der Waals surface area contributed by atoms with E-state index in [0.717, 1.165) is 10.3 Å². The Bertz CT molecular complexity index is 439. The minimum atomic E-state index is -0.186. The van der Waals surface area contributed by atoms with Gasteiger partial charge in [0.25, 0.3) is 0 Å². The Hall–Kier alpha value is -1.16. The monoisotopic (exact) mass is 254 g/mol. The predicted octanol–water partition coefficient (Wildman–Crippen LogP) is 2.90. The summed E-state index contributed by atoms with van der Waals surface area (Å²) < 4.78 is 14.0. The predicted molar refractivity (Wildman–Crippen MR) is 55.5 cm³/mol. The molecule has 14 heavy (non-hydrogen) atoms. The number of aromatic nitrogens is 2. The average Bonchev–Trinajstić information content (AvgIpc) is 2.56. The Labute approximate surface area is 89.3 Å². The lowest BCUT2D eigenvalue weighted by Gasteiger charge is -2.00. The molecule has 0 fully saturated rings. The van der Waals surface area contributed by atoms with Crippen LogP contribution in [-0.2, 0) is 6.42 Å². The van der Waals surface area contributed by atoms with E-state index in [1.165, 1.54) is 6.07 Å². The first-order valence-corrected chi connectivity index (χ1v) is 4.98. The van der Waals surface area contributed by atoms with Crippen molar-refractivity contribution in [3.05, 3.63) is 52.3 Å². The largest absolute Gasteiger partial charge is 0.347 e. The second kappa shape index (κ2) is 3.92. The van der Waals surface area contributed by atoms with E-state index in [2.05, 4.69) is 25.9 Å². The Morgan fingerprint density at radius 1 is 1.36 bits per heavy atom. The van der Waals surface area contributed by atoms with Gasteiger partial charge in [-0.2, -0.15) is 0 Å². The van der Waals surface area contributed by atoms with Crippen LogP contribution in [0, 0.1) is 5.82 Å². The summed E-state index contributed by atoms with van der Waals surface area (Å²) in [5, 5.41) is 0. The molecule has 2 aromatic rings. The molecule has 0 radical (unpaired) electrons. The van der Waals surface area contributed by atoms with Crippen molar-refractivity contribution in [1.29, 1.82) is 0 Å². The lowest BCUT2D eigenvalue weighted by Crippen LogP contribution is -1.92. The van der Waals surface area contributed by atoms with Crippen molar-refractivity contribution in [3.63, 3.8) is 0 Å². The zero-order valence-corrected chi connectivity index (χ0v) is 8.88. The van der Waals surface area contributed by atoms with Crippen LogP contribution in [0.25, 0.3) is 0 Å². The highest BCUT2D eigenvalue weighted by Crippen LogP contribution is 2.17. The molecule has 1 heterocycles. The molecule has 0 bridgehead atoms. The molecule has 0 aliphatic rings. The van der Waals surface area contributed by atoms with E-state index in [4.69, 9.17) is 0 Å². The summed E-state index contributed by atoms with van der Waals surface area (Å²) in [6.45, 7) is 0. The van der Waals surface area contributed by atoms with Crippen LogP contribution < -0.4 is 0 Å². The van der Waals surface area contributed by atoms with Gasteiger partial charge in [0.1, 0.15) is 10.4 Å². The fourth-order valence-electron chi connectivity index (χ4n) is 1.26. The molecular formula is C10H8BrFN2. The number of imidazole rings is 1. The van der Waals surface area contributed by atoms with Gasteiger partial charge in [-0.1, -0.05) is 18.2 Å². The number of hydrogen-bond acceptors (Lipinski definition) is 1. The van der Waals surface area contributed by atoms with Gasteiger partial charge >= 0.3 is 0 Å². The van der Waals surface area contributed by atoms with Crippen LogP contribution in [0.2, 0.25) is 0 Å². The third-order valence-electron chi connectivity index (χ3n) is 1.99. The first-order chi connectivity index (χ1) is 6.77. The van der Waals surface area contributed by atoms with Crippen molar-refractivity contribution in [1.82, 2.24) is 9.97 Å². The summed E-state index contributed by atoms with van der Waals surface area (Å²) >= 11 is 3.28. The lowest BCUT2D eigenvalue weighted by molar-refractivity contribution is 0.613. The molecule has 0 aliphatic heterocycles. The molecule has 2 rings (SSSR count). The molecule has 2 nitrogen and oxygen atoms in total. The molecule has 0 spiro atoms. The molecule has 1 aromatic carbocycles. The van der Waals surface area contributed by atoms with Gasteiger partial charge in [0.2, 0.25) is 0 Å². The number of nitrogens with one attached hydrogen (secondary N) is 1. The zero-order chi connectivity index (χ0) is 9.97. The van der Waals surface area contributed by atoms with Crippen molar-refractivity contribution in [3.8, 4) is 0 Å². The van der Waals surface area contributed by atoms with Crippen molar-refractivity contribution >= 4 is 15.9 Å². The first-order valence-electron chi connectivity index (χ1n) is 4.18. The van der Waals surface area contributed by atoms with E-state index in [1.54, 1.807) is 18.5 Å². The molecule has 4 heteroatoms. The first kappa shape index (κ1) is 9.40. The lowest BCUT2D eigenvalue weighted by atomic mass is 10.1. The van der Waals surface area contributed by atoms with Gasteiger partial charge in [0.05, 0.1) is 12.0 Å². The van der Waals surface area contributed by atoms with E-state index in [1.807, 2.05) is 6.07 Å². The molecule has 0 amide bonds. The summed E-state index contributed by atoms with van der Waals surface area (Å²) in [5.41, 5.74) is 1.55. The zero-order valence-electron chi connectivity index (χ0n) is 7.30. The third-order valence-corrected chi connectivity index (χ3v) is 2.67. The topological polar surface area (TPSA) is 28.7 Å². The maximum absolute atomic E-state index is 13.3. The van der Waals surface area contributed by atoms with E-state index in [-0.39, 0.29) is 5.82 Å². The number of rotatable bonds is 2. The molecule has 1 aromatic heterocycles. The quantitative estimate of drug-likeness (QED) is 0.878. The molecule has 0 saturated heterocycles. The standard InChI is InChI=1S/C10H8BrFN2/c11-10-9(13-6-14-10)5-7-3-1-2-4-8(7)12/h1-4,6H,5H2,(H,13,14). The van der Waals surface area contributed by atoms with E-state index < -0.39 is 0 Å². The van der Waals surface area contributed by atoms with Crippen LogP contribution >= 0.6 is 15.9 Å². The van der Waals surface area contributed by atoms with Gasteiger partial charge in [0.15, 0.2) is 0 Å². The van der Waals surface area contributed by atoms with E-state index in [9.17, 15) is 4.39 Å². The van der Waals surface area contributed by atoms with Crippen molar-refractivity contribution < 1.29 is 4.39 Å². The number of nitrogens with zero attached hydrogens (tertiary/aromatic N) is 1. The fourth-order valence-corrected chi connectivity index (χ4v) is 1.62. The molecule has 72 valence electrons. The van der Waals surface area contributed by atoms with Crippen LogP contribution in [0.1, 0.15) is 11.3 Å². The summed E-state index contributed by atoms with van der Waals surface area (Å²) in [7, 11) is 0. The van der Waals surface area contributed by atoms with E-state index in [0.29, 0.717) is 12.0 Å². The number of hydrogen-bond donors (Lipinski definition) is 1. The van der Waals surface area contributed by atoms with Crippen molar-refractivity contribution in [2.24, 2.45) is 0 Å². The Balaban J connectivity index is 2.28. The molecule has 0 atom stereocenters.